The Labute approximate surface area is 192 Å². The van der Waals surface area contributed by atoms with Crippen LogP contribution >= 0.6 is 0 Å². The molecule has 0 aromatic carbocycles. The Balaban J connectivity index is 2.12. The molecule has 0 bridgehead atoms. The van der Waals surface area contributed by atoms with Crippen LogP contribution in [0.15, 0.2) is 12.5 Å². The summed E-state index contributed by atoms with van der Waals surface area (Å²) in [6, 6.07) is -4.17. The topological polar surface area (TPSA) is 191 Å². The van der Waals surface area contributed by atoms with E-state index < -0.39 is 54.0 Å². The summed E-state index contributed by atoms with van der Waals surface area (Å²) in [5.41, 5.74) is 6.70. The van der Waals surface area contributed by atoms with Crippen LogP contribution < -0.4 is 16.4 Å². The molecule has 184 valence electrons. The van der Waals surface area contributed by atoms with Gasteiger partial charge in [0.2, 0.25) is 17.7 Å². The predicted octanol–water partition coefficient (Wildman–Crippen LogP) is -1.25. The van der Waals surface area contributed by atoms with Gasteiger partial charge in [-0.3, -0.25) is 14.4 Å². The van der Waals surface area contributed by atoms with E-state index in [1.807, 2.05) is 13.8 Å². The highest BCUT2D eigenvalue weighted by Gasteiger charge is 2.40. The van der Waals surface area contributed by atoms with E-state index in [2.05, 4.69) is 20.6 Å². The molecule has 0 spiro atoms. The molecule has 7 N–H and O–H groups in total. The molecule has 3 amide bonds. The molecule has 12 nitrogen and oxygen atoms in total. The Morgan fingerprint density at radius 2 is 1.97 bits per heavy atom. The Morgan fingerprint density at radius 3 is 2.52 bits per heavy atom. The summed E-state index contributed by atoms with van der Waals surface area (Å²) < 4.78 is 0. The number of rotatable bonds is 11. The van der Waals surface area contributed by atoms with Crippen LogP contribution in [0.3, 0.4) is 0 Å². The van der Waals surface area contributed by atoms with E-state index >= 15 is 0 Å². The molecule has 0 aliphatic carbocycles. The normalized spacial score (nSPS) is 20.4. The standard InChI is InChI=1S/C21H34N6O6/c1-4-11(2)16(25-18(29)14(22)8-13-9-23-10-24-13)20(31)27-7-5-6-15(27)19(30)26-17(12(3)28)21(32)33/h9-12,14-17,28H,4-8,22H2,1-3H3,(H,23,24)(H,25,29)(H,26,30)(H,32,33). The zero-order chi connectivity index (χ0) is 24.7. The van der Waals surface area contributed by atoms with Crippen molar-refractivity contribution < 1.29 is 29.4 Å². The van der Waals surface area contributed by atoms with E-state index in [1.54, 1.807) is 6.20 Å². The molecule has 6 unspecified atom stereocenters. The van der Waals surface area contributed by atoms with E-state index in [4.69, 9.17) is 5.73 Å². The first-order chi connectivity index (χ1) is 15.6. The molecule has 6 atom stereocenters. The second kappa shape index (κ2) is 11.8. The van der Waals surface area contributed by atoms with Gasteiger partial charge in [-0.05, 0) is 25.7 Å². The van der Waals surface area contributed by atoms with Crippen molar-refractivity contribution in [3.63, 3.8) is 0 Å². The smallest absolute Gasteiger partial charge is 0.328 e. The number of aliphatic hydroxyl groups is 1. The number of aliphatic hydroxyl groups excluding tert-OH is 1. The maximum Gasteiger partial charge on any atom is 0.328 e. The number of carbonyl (C=O) groups excluding carboxylic acids is 3. The fraction of sp³-hybridized carbons (Fsp3) is 0.667. The average Bonchev–Trinajstić information content (AvgIpc) is 3.46. The van der Waals surface area contributed by atoms with Crippen LogP contribution in [0.1, 0.15) is 45.7 Å². The minimum atomic E-state index is -1.49. The molecule has 1 aromatic heterocycles. The number of amides is 3. The van der Waals surface area contributed by atoms with Crippen molar-refractivity contribution in [2.75, 3.05) is 6.54 Å². The lowest BCUT2D eigenvalue weighted by Crippen LogP contribution is -2.59. The quantitative estimate of drug-likeness (QED) is 0.233. The summed E-state index contributed by atoms with van der Waals surface area (Å²) in [5, 5.41) is 23.9. The highest BCUT2D eigenvalue weighted by atomic mass is 16.4. The molecular weight excluding hydrogens is 432 g/mol. The first-order valence-electron chi connectivity index (χ1n) is 11.1. The third-order valence-electron chi connectivity index (χ3n) is 5.99. The van der Waals surface area contributed by atoms with Crippen molar-refractivity contribution in [3.8, 4) is 0 Å². The number of nitrogens with two attached hydrogens (primary N) is 1. The summed E-state index contributed by atoms with van der Waals surface area (Å²) >= 11 is 0. The van der Waals surface area contributed by atoms with Crippen molar-refractivity contribution >= 4 is 23.7 Å². The number of imidazole rings is 1. The van der Waals surface area contributed by atoms with Gasteiger partial charge in [0.1, 0.15) is 12.1 Å². The average molecular weight is 467 g/mol. The second-order valence-electron chi connectivity index (χ2n) is 8.51. The van der Waals surface area contributed by atoms with E-state index in [1.165, 1.54) is 18.2 Å². The second-order valence-corrected chi connectivity index (χ2v) is 8.51. The largest absolute Gasteiger partial charge is 0.480 e. The number of nitrogens with zero attached hydrogens (tertiary/aromatic N) is 2. The lowest BCUT2D eigenvalue weighted by atomic mass is 9.96. The SMILES string of the molecule is CCC(C)C(NC(=O)C(N)Cc1cnc[nH]1)C(=O)N1CCCC1C(=O)NC(C(=O)O)C(C)O. The molecule has 2 rings (SSSR count). The van der Waals surface area contributed by atoms with Gasteiger partial charge in [0, 0.05) is 24.9 Å². The van der Waals surface area contributed by atoms with E-state index in [0.717, 1.165) is 0 Å². The van der Waals surface area contributed by atoms with Gasteiger partial charge in [0.25, 0.3) is 0 Å². The third kappa shape index (κ3) is 6.75. The number of hydrogen-bond donors (Lipinski definition) is 6. The summed E-state index contributed by atoms with van der Waals surface area (Å²) in [6.45, 7) is 5.27. The first kappa shape index (κ1) is 26.3. The first-order valence-corrected chi connectivity index (χ1v) is 11.1. The number of carboxylic acid groups (broad SMARTS) is 1. The number of aliphatic carboxylic acids is 1. The third-order valence-corrected chi connectivity index (χ3v) is 5.99. The maximum atomic E-state index is 13.4. The molecule has 1 fully saturated rings. The van der Waals surface area contributed by atoms with E-state index in [-0.39, 0.29) is 12.3 Å². The summed E-state index contributed by atoms with van der Waals surface area (Å²) in [6.07, 6.45) is 3.46. The number of hydrogen-bond acceptors (Lipinski definition) is 7. The van der Waals surface area contributed by atoms with Crippen molar-refractivity contribution in [2.45, 2.75) is 76.7 Å². The van der Waals surface area contributed by atoms with E-state index in [9.17, 15) is 29.4 Å². The molecule has 1 aliphatic heterocycles. The van der Waals surface area contributed by atoms with E-state index in [0.29, 0.717) is 31.5 Å². The minimum absolute atomic E-state index is 0.220. The lowest BCUT2D eigenvalue weighted by Gasteiger charge is -2.32. The van der Waals surface area contributed by atoms with Crippen molar-refractivity contribution in [1.29, 1.82) is 0 Å². The Hall–Kier alpha value is -2.99. The van der Waals surface area contributed by atoms with Crippen molar-refractivity contribution in [3.05, 3.63) is 18.2 Å². The maximum absolute atomic E-state index is 13.4. The van der Waals surface area contributed by atoms with Crippen LogP contribution in [-0.4, -0.2) is 85.6 Å². The van der Waals surface area contributed by atoms with Crippen LogP contribution in [0, 0.1) is 5.92 Å². The molecule has 1 aliphatic rings. The van der Waals surface area contributed by atoms with Crippen LogP contribution in [0.4, 0.5) is 0 Å². The van der Waals surface area contributed by atoms with Crippen LogP contribution in [0.2, 0.25) is 0 Å². The van der Waals surface area contributed by atoms with Gasteiger partial charge in [0.15, 0.2) is 6.04 Å². The Morgan fingerprint density at radius 1 is 1.27 bits per heavy atom. The number of carboxylic acids is 1. The zero-order valence-corrected chi connectivity index (χ0v) is 19.2. The van der Waals surface area contributed by atoms with Crippen molar-refractivity contribution in [2.24, 2.45) is 11.7 Å². The van der Waals surface area contributed by atoms with Gasteiger partial charge in [-0.15, -0.1) is 0 Å². The number of aromatic nitrogens is 2. The molecule has 33 heavy (non-hydrogen) atoms. The molecule has 2 heterocycles. The van der Waals surface area contributed by atoms with Crippen LogP contribution in [-0.2, 0) is 25.6 Å². The van der Waals surface area contributed by atoms with Gasteiger partial charge in [-0.1, -0.05) is 20.3 Å². The molecule has 1 aromatic rings. The highest BCUT2D eigenvalue weighted by Crippen LogP contribution is 2.22. The zero-order valence-electron chi connectivity index (χ0n) is 19.2. The molecule has 12 heteroatoms. The Kier molecular flexibility index (Phi) is 9.35. The van der Waals surface area contributed by atoms with Crippen LogP contribution in [0.5, 0.6) is 0 Å². The lowest BCUT2D eigenvalue weighted by molar-refractivity contribution is -0.147. The van der Waals surface area contributed by atoms with Gasteiger partial charge in [-0.25, -0.2) is 9.78 Å². The van der Waals surface area contributed by atoms with Gasteiger partial charge in [-0.2, -0.15) is 0 Å². The number of H-pyrrole nitrogens is 1. The molecule has 0 radical (unpaired) electrons. The van der Waals surface area contributed by atoms with Crippen LogP contribution in [0.25, 0.3) is 0 Å². The number of aromatic amines is 1. The van der Waals surface area contributed by atoms with Crippen molar-refractivity contribution in [1.82, 2.24) is 25.5 Å². The minimum Gasteiger partial charge on any atom is -0.480 e. The molecular formula is C21H34N6O6. The summed E-state index contributed by atoms with van der Waals surface area (Å²) in [5.74, 6) is -3.17. The Bertz CT molecular complexity index is 829. The van der Waals surface area contributed by atoms with Gasteiger partial charge < -0.3 is 36.5 Å². The molecule has 0 saturated carbocycles. The number of nitrogens with one attached hydrogen (secondary N) is 3. The predicted molar refractivity (Wildman–Crippen MR) is 118 cm³/mol. The number of likely N-dealkylation sites (tertiary alicyclic amines) is 1. The number of carbonyl (C=O) groups is 4. The molecule has 1 saturated heterocycles. The highest BCUT2D eigenvalue weighted by molar-refractivity contribution is 5.94. The summed E-state index contributed by atoms with van der Waals surface area (Å²) in [4.78, 5) is 58.3. The van der Waals surface area contributed by atoms with Gasteiger partial charge >= 0.3 is 5.97 Å². The fourth-order valence-electron chi connectivity index (χ4n) is 3.79. The monoisotopic (exact) mass is 466 g/mol. The summed E-state index contributed by atoms with van der Waals surface area (Å²) in [7, 11) is 0. The fourth-order valence-corrected chi connectivity index (χ4v) is 3.79. The van der Waals surface area contributed by atoms with Gasteiger partial charge in [0.05, 0.1) is 18.5 Å².